The fraction of sp³-hybridized carbons (Fsp3) is 0.150. The summed E-state index contributed by atoms with van der Waals surface area (Å²) in [7, 11) is -4.00. The molecule has 1 heterocycles. The van der Waals surface area contributed by atoms with Gasteiger partial charge >= 0.3 is 5.97 Å². The van der Waals surface area contributed by atoms with E-state index in [-0.39, 0.29) is 10.6 Å². The van der Waals surface area contributed by atoms with Crippen molar-refractivity contribution < 1.29 is 18.3 Å². The van der Waals surface area contributed by atoms with Crippen LogP contribution in [-0.2, 0) is 14.8 Å². The van der Waals surface area contributed by atoms with E-state index in [0.29, 0.717) is 5.02 Å². The number of thiophene rings is 1. The molecule has 150 valence electrons. The Morgan fingerprint density at radius 3 is 2.55 bits per heavy atom. The first-order chi connectivity index (χ1) is 13.7. The number of sulfonamides is 1. The van der Waals surface area contributed by atoms with Crippen LogP contribution in [0.25, 0.3) is 10.4 Å². The summed E-state index contributed by atoms with van der Waals surface area (Å²) >= 11 is 10.4. The highest BCUT2D eigenvalue weighted by atomic mass is 79.9. The third-order valence-electron chi connectivity index (χ3n) is 4.88. The first-order valence-corrected chi connectivity index (χ1v) is 12.1. The first-order valence-electron chi connectivity index (χ1n) is 8.60. The monoisotopic (exact) mass is 511 g/mol. The van der Waals surface area contributed by atoms with Crippen molar-refractivity contribution in [2.24, 2.45) is 0 Å². The van der Waals surface area contributed by atoms with Gasteiger partial charge < -0.3 is 5.11 Å². The van der Waals surface area contributed by atoms with E-state index in [0.717, 1.165) is 31.8 Å². The second kappa shape index (κ2) is 7.52. The topological polar surface area (TPSA) is 83.5 Å². The summed E-state index contributed by atoms with van der Waals surface area (Å²) in [5.41, 5.74) is 0.0779. The summed E-state index contributed by atoms with van der Waals surface area (Å²) < 4.78 is 29.2. The largest absolute Gasteiger partial charge is 0.480 e. The zero-order valence-electron chi connectivity index (χ0n) is 14.8. The Morgan fingerprint density at radius 1 is 1.17 bits per heavy atom. The van der Waals surface area contributed by atoms with E-state index in [9.17, 15) is 18.3 Å². The maximum Gasteiger partial charge on any atom is 0.325 e. The van der Waals surface area contributed by atoms with Crippen LogP contribution in [0.4, 0.5) is 0 Å². The lowest BCUT2D eigenvalue weighted by atomic mass is 10.1. The molecule has 5 nitrogen and oxygen atoms in total. The molecule has 1 fully saturated rings. The number of benzene rings is 2. The predicted octanol–water partition coefficient (Wildman–Crippen LogP) is 5.12. The second-order valence-electron chi connectivity index (χ2n) is 6.82. The number of hydrogen-bond acceptors (Lipinski definition) is 4. The summed E-state index contributed by atoms with van der Waals surface area (Å²) in [6.07, 6.45) is 0.202. The number of hydrogen-bond donors (Lipinski definition) is 2. The Bertz CT molecular complexity index is 1190. The van der Waals surface area contributed by atoms with Gasteiger partial charge in [-0.05, 0) is 53.9 Å². The summed E-state index contributed by atoms with van der Waals surface area (Å²) in [6, 6.07) is 17.5. The number of carbonyl (C=O) groups is 1. The summed E-state index contributed by atoms with van der Waals surface area (Å²) in [5.74, 6) is -1.61. The molecule has 0 saturated heterocycles. The van der Waals surface area contributed by atoms with Gasteiger partial charge in [-0.2, -0.15) is 4.72 Å². The van der Waals surface area contributed by atoms with Gasteiger partial charge in [0.25, 0.3) is 10.0 Å². The Labute approximate surface area is 185 Å². The number of carboxylic acids is 1. The van der Waals surface area contributed by atoms with E-state index in [1.54, 1.807) is 42.5 Å². The number of aliphatic carboxylic acids is 1. The normalized spacial score (nSPS) is 21.1. The predicted molar refractivity (Wildman–Crippen MR) is 117 cm³/mol. The van der Waals surface area contributed by atoms with Crippen LogP contribution in [0.1, 0.15) is 17.9 Å². The Balaban J connectivity index is 1.61. The molecular formula is C20H15BrClNO4S2. The molecule has 2 atom stereocenters. The fourth-order valence-corrected chi connectivity index (χ4v) is 6.56. The average molecular weight is 513 g/mol. The van der Waals surface area contributed by atoms with E-state index < -0.39 is 27.4 Å². The minimum Gasteiger partial charge on any atom is -0.480 e. The lowest BCUT2D eigenvalue weighted by molar-refractivity contribution is -0.140. The maximum absolute atomic E-state index is 12.9. The molecule has 0 amide bonds. The minimum absolute atomic E-state index is 0.0722. The molecule has 1 aliphatic rings. The molecular weight excluding hydrogens is 498 g/mol. The van der Waals surface area contributed by atoms with Crippen LogP contribution >= 0.6 is 38.9 Å². The summed E-state index contributed by atoms with van der Waals surface area (Å²) in [5, 5.41) is 10.4. The Kier molecular flexibility index (Phi) is 5.33. The van der Waals surface area contributed by atoms with E-state index in [2.05, 4.69) is 20.7 Å². The van der Waals surface area contributed by atoms with Crippen LogP contribution < -0.4 is 4.72 Å². The molecule has 4 rings (SSSR count). The van der Waals surface area contributed by atoms with Crippen molar-refractivity contribution in [1.29, 1.82) is 0 Å². The number of rotatable bonds is 6. The van der Waals surface area contributed by atoms with Crippen molar-refractivity contribution >= 4 is 54.9 Å². The van der Waals surface area contributed by atoms with Crippen molar-refractivity contribution in [3.05, 3.63) is 75.7 Å². The molecule has 0 aliphatic heterocycles. The molecule has 1 aliphatic carbocycles. The molecule has 0 unspecified atom stereocenters. The Hall–Kier alpha value is -1.71. The van der Waals surface area contributed by atoms with Crippen LogP contribution in [0, 0.1) is 0 Å². The van der Waals surface area contributed by atoms with Crippen molar-refractivity contribution in [3.63, 3.8) is 0 Å². The van der Waals surface area contributed by atoms with Crippen molar-refractivity contribution in [2.75, 3.05) is 0 Å². The summed E-state index contributed by atoms with van der Waals surface area (Å²) in [6.45, 7) is 0. The third-order valence-corrected chi connectivity index (χ3v) is 8.77. The zero-order chi connectivity index (χ0) is 20.8. The van der Waals surface area contributed by atoms with E-state index in [1.807, 2.05) is 12.1 Å². The summed E-state index contributed by atoms with van der Waals surface area (Å²) in [4.78, 5) is 12.7. The first kappa shape index (κ1) is 20.6. The molecule has 0 spiro atoms. The van der Waals surface area contributed by atoms with E-state index in [4.69, 9.17) is 11.6 Å². The lowest BCUT2D eigenvalue weighted by Crippen LogP contribution is -2.44. The average Bonchev–Trinajstić information content (AvgIpc) is 3.16. The molecule has 2 N–H and O–H groups in total. The zero-order valence-corrected chi connectivity index (χ0v) is 18.8. The van der Waals surface area contributed by atoms with Gasteiger partial charge in [0.1, 0.15) is 9.75 Å². The van der Waals surface area contributed by atoms with Gasteiger partial charge in [-0.3, -0.25) is 4.79 Å². The third kappa shape index (κ3) is 4.00. The van der Waals surface area contributed by atoms with Gasteiger partial charge in [0.05, 0.1) is 0 Å². The van der Waals surface area contributed by atoms with Gasteiger partial charge in [-0.25, -0.2) is 8.42 Å². The van der Waals surface area contributed by atoms with Gasteiger partial charge in [-0.15, -0.1) is 11.3 Å². The van der Waals surface area contributed by atoms with Crippen LogP contribution in [0.3, 0.4) is 0 Å². The quantitative estimate of drug-likeness (QED) is 0.480. The molecule has 1 saturated carbocycles. The van der Waals surface area contributed by atoms with Crippen LogP contribution in [0.2, 0.25) is 5.02 Å². The fourth-order valence-electron chi connectivity index (χ4n) is 3.31. The van der Waals surface area contributed by atoms with Crippen molar-refractivity contribution in [1.82, 2.24) is 4.72 Å². The van der Waals surface area contributed by atoms with Crippen LogP contribution in [0.15, 0.2) is 69.3 Å². The van der Waals surface area contributed by atoms with Gasteiger partial charge in [-0.1, -0.05) is 51.8 Å². The maximum atomic E-state index is 12.9. The molecule has 2 aromatic carbocycles. The Morgan fingerprint density at radius 2 is 1.90 bits per heavy atom. The highest BCUT2D eigenvalue weighted by Gasteiger charge is 2.63. The SMILES string of the molecule is O=C(O)[C@@]1(NS(=O)(=O)c2ccc(-c3ccc(Cl)cc3)s2)C[C@H]1c1cccc(Br)c1. The standard InChI is InChI=1S/C20H15BrClNO4S2/c21-14-3-1-2-13(10-14)16-11-20(16,19(24)25)23-29(26,27)18-9-8-17(28-18)12-4-6-15(22)7-5-12/h1-10,16,23H,11H2,(H,24,25)/t16-,20+/m0/s1. The lowest BCUT2D eigenvalue weighted by Gasteiger charge is -2.15. The number of carboxylic acid groups (broad SMARTS) is 1. The highest BCUT2D eigenvalue weighted by Crippen LogP contribution is 2.53. The molecule has 9 heteroatoms. The molecule has 0 radical (unpaired) electrons. The van der Waals surface area contributed by atoms with E-state index >= 15 is 0 Å². The number of halogens is 2. The van der Waals surface area contributed by atoms with Crippen molar-refractivity contribution in [2.45, 2.75) is 22.1 Å². The number of nitrogens with one attached hydrogen (secondary N) is 1. The highest BCUT2D eigenvalue weighted by molar-refractivity contribution is 9.10. The molecule has 0 bridgehead atoms. The second-order valence-corrected chi connectivity index (χ2v) is 11.2. The van der Waals surface area contributed by atoms with Crippen molar-refractivity contribution in [3.8, 4) is 10.4 Å². The smallest absolute Gasteiger partial charge is 0.325 e. The van der Waals surface area contributed by atoms with Gasteiger partial charge in [0.2, 0.25) is 0 Å². The van der Waals surface area contributed by atoms with Gasteiger partial charge in [0.15, 0.2) is 0 Å². The molecule has 1 aromatic heterocycles. The molecule has 3 aromatic rings. The van der Waals surface area contributed by atoms with E-state index in [1.165, 1.54) is 6.07 Å². The molecule has 29 heavy (non-hydrogen) atoms. The van der Waals surface area contributed by atoms with Crippen LogP contribution in [0.5, 0.6) is 0 Å². The minimum atomic E-state index is -4.00. The van der Waals surface area contributed by atoms with Gasteiger partial charge in [0, 0.05) is 20.3 Å². The van der Waals surface area contributed by atoms with Crippen LogP contribution in [-0.4, -0.2) is 25.0 Å².